The lowest BCUT2D eigenvalue weighted by Crippen LogP contribution is -2.19. The van der Waals surface area contributed by atoms with E-state index in [2.05, 4.69) is 35.8 Å². The van der Waals surface area contributed by atoms with Crippen LogP contribution in [0.4, 0.5) is 0 Å². The molecule has 0 amide bonds. The highest BCUT2D eigenvalue weighted by molar-refractivity contribution is 9.10. The van der Waals surface area contributed by atoms with E-state index in [1.54, 1.807) is 0 Å². The van der Waals surface area contributed by atoms with E-state index in [1.807, 2.05) is 12.1 Å². The second-order valence-corrected chi connectivity index (χ2v) is 6.15. The molecule has 0 aromatic heterocycles. The van der Waals surface area contributed by atoms with Gasteiger partial charge in [-0.25, -0.2) is 0 Å². The van der Waals surface area contributed by atoms with Crippen LogP contribution in [-0.4, -0.2) is 11.1 Å². The molecular weight excluding hydrogens is 280 g/mol. The fraction of sp³-hybridized carbons (Fsp3) is 0.500. The van der Waals surface area contributed by atoms with Gasteiger partial charge < -0.3 is 5.11 Å². The molecule has 0 heterocycles. The SMILES string of the molecule is CC(C)Cc1ccc(C2(C(=O)O)CC2)cc1Br. The van der Waals surface area contributed by atoms with Gasteiger partial charge in [-0.1, -0.05) is 41.9 Å². The number of carbonyl (C=O) groups is 1. The van der Waals surface area contributed by atoms with Crippen molar-refractivity contribution in [3.8, 4) is 0 Å². The van der Waals surface area contributed by atoms with Gasteiger partial charge in [0.25, 0.3) is 0 Å². The first-order valence-electron chi connectivity index (χ1n) is 5.98. The summed E-state index contributed by atoms with van der Waals surface area (Å²) in [7, 11) is 0. The van der Waals surface area contributed by atoms with Gasteiger partial charge >= 0.3 is 5.97 Å². The Morgan fingerprint density at radius 3 is 2.53 bits per heavy atom. The normalized spacial score (nSPS) is 17.2. The van der Waals surface area contributed by atoms with Crippen molar-refractivity contribution < 1.29 is 9.90 Å². The van der Waals surface area contributed by atoms with Crippen molar-refractivity contribution in [2.24, 2.45) is 5.92 Å². The minimum Gasteiger partial charge on any atom is -0.481 e. The number of aliphatic carboxylic acids is 1. The van der Waals surface area contributed by atoms with Crippen molar-refractivity contribution in [2.75, 3.05) is 0 Å². The first kappa shape index (κ1) is 12.6. The Labute approximate surface area is 110 Å². The van der Waals surface area contributed by atoms with Crippen LogP contribution in [0.25, 0.3) is 0 Å². The predicted octanol–water partition coefficient (Wildman–Crippen LogP) is 3.76. The van der Waals surface area contributed by atoms with Crippen LogP contribution in [0.2, 0.25) is 0 Å². The van der Waals surface area contributed by atoms with Gasteiger partial charge in [-0.2, -0.15) is 0 Å². The van der Waals surface area contributed by atoms with Crippen molar-refractivity contribution in [1.82, 2.24) is 0 Å². The molecule has 1 fully saturated rings. The Bertz CT molecular complexity index is 448. The Hall–Kier alpha value is -0.830. The summed E-state index contributed by atoms with van der Waals surface area (Å²) < 4.78 is 1.04. The highest BCUT2D eigenvalue weighted by Gasteiger charge is 2.51. The topological polar surface area (TPSA) is 37.3 Å². The smallest absolute Gasteiger partial charge is 0.314 e. The van der Waals surface area contributed by atoms with E-state index in [1.165, 1.54) is 5.56 Å². The molecule has 92 valence electrons. The fourth-order valence-electron chi connectivity index (χ4n) is 2.20. The quantitative estimate of drug-likeness (QED) is 0.918. The minimum absolute atomic E-state index is 0.598. The monoisotopic (exact) mass is 296 g/mol. The minimum atomic E-state index is -0.694. The number of benzene rings is 1. The zero-order valence-corrected chi connectivity index (χ0v) is 11.8. The van der Waals surface area contributed by atoms with E-state index in [0.29, 0.717) is 5.92 Å². The van der Waals surface area contributed by atoms with E-state index in [4.69, 9.17) is 0 Å². The third-order valence-electron chi connectivity index (χ3n) is 3.39. The van der Waals surface area contributed by atoms with Crippen molar-refractivity contribution >= 4 is 21.9 Å². The maximum Gasteiger partial charge on any atom is 0.314 e. The van der Waals surface area contributed by atoms with Crippen LogP contribution < -0.4 is 0 Å². The molecule has 1 N–H and O–H groups in total. The van der Waals surface area contributed by atoms with Crippen LogP contribution in [0, 0.1) is 5.92 Å². The molecule has 0 spiro atoms. The molecule has 2 nitrogen and oxygen atoms in total. The molecule has 0 radical (unpaired) electrons. The average Bonchev–Trinajstić information content (AvgIpc) is 3.01. The van der Waals surface area contributed by atoms with E-state index in [-0.39, 0.29) is 0 Å². The number of carboxylic acids is 1. The Morgan fingerprint density at radius 2 is 2.12 bits per heavy atom. The van der Waals surface area contributed by atoms with Gasteiger partial charge in [0, 0.05) is 4.47 Å². The maximum absolute atomic E-state index is 11.2. The van der Waals surface area contributed by atoms with Crippen molar-refractivity contribution in [3.05, 3.63) is 33.8 Å². The standard InChI is InChI=1S/C14H17BrO2/c1-9(2)7-10-3-4-11(8-12(10)15)14(5-6-14)13(16)17/h3-4,8-9H,5-7H2,1-2H3,(H,16,17). The second-order valence-electron chi connectivity index (χ2n) is 5.29. The van der Waals surface area contributed by atoms with Crippen LogP contribution in [0.3, 0.4) is 0 Å². The number of hydrogen-bond acceptors (Lipinski definition) is 1. The van der Waals surface area contributed by atoms with Gasteiger partial charge in [0.1, 0.15) is 0 Å². The van der Waals surface area contributed by atoms with Crippen LogP contribution in [-0.2, 0) is 16.6 Å². The summed E-state index contributed by atoms with van der Waals surface area (Å²) in [4.78, 5) is 11.2. The third-order valence-corrected chi connectivity index (χ3v) is 4.13. The van der Waals surface area contributed by atoms with Gasteiger partial charge in [-0.3, -0.25) is 4.79 Å². The molecular formula is C14H17BrO2. The summed E-state index contributed by atoms with van der Waals surface area (Å²) in [5.41, 5.74) is 1.59. The summed E-state index contributed by atoms with van der Waals surface area (Å²) in [5, 5.41) is 9.25. The van der Waals surface area contributed by atoms with E-state index in [0.717, 1.165) is 29.3 Å². The summed E-state index contributed by atoms with van der Waals surface area (Å²) >= 11 is 3.55. The lowest BCUT2D eigenvalue weighted by molar-refractivity contribution is -0.140. The molecule has 0 atom stereocenters. The molecule has 1 saturated carbocycles. The Balaban J connectivity index is 2.28. The molecule has 2 rings (SSSR count). The maximum atomic E-state index is 11.2. The van der Waals surface area contributed by atoms with Gasteiger partial charge in [0.2, 0.25) is 0 Å². The van der Waals surface area contributed by atoms with Crippen molar-refractivity contribution in [1.29, 1.82) is 0 Å². The van der Waals surface area contributed by atoms with Crippen LogP contribution in [0.15, 0.2) is 22.7 Å². The summed E-state index contributed by atoms with van der Waals surface area (Å²) in [6, 6.07) is 6.02. The zero-order valence-electron chi connectivity index (χ0n) is 10.2. The molecule has 0 saturated heterocycles. The largest absolute Gasteiger partial charge is 0.481 e. The predicted molar refractivity (Wildman–Crippen MR) is 71.2 cm³/mol. The molecule has 3 heteroatoms. The average molecular weight is 297 g/mol. The van der Waals surface area contributed by atoms with Crippen molar-refractivity contribution in [2.45, 2.75) is 38.5 Å². The highest BCUT2D eigenvalue weighted by atomic mass is 79.9. The number of halogens is 1. The Morgan fingerprint density at radius 1 is 1.47 bits per heavy atom. The molecule has 1 aliphatic rings. The third kappa shape index (κ3) is 2.39. The molecule has 0 aliphatic heterocycles. The van der Waals surface area contributed by atoms with Gasteiger partial charge in [-0.05, 0) is 42.4 Å². The molecule has 17 heavy (non-hydrogen) atoms. The van der Waals surface area contributed by atoms with Gasteiger partial charge in [0.05, 0.1) is 5.41 Å². The summed E-state index contributed by atoms with van der Waals surface area (Å²) in [5.74, 6) is -0.0903. The van der Waals surface area contributed by atoms with E-state index >= 15 is 0 Å². The van der Waals surface area contributed by atoms with Crippen LogP contribution in [0.1, 0.15) is 37.8 Å². The second kappa shape index (κ2) is 4.45. The van der Waals surface area contributed by atoms with E-state index < -0.39 is 11.4 Å². The van der Waals surface area contributed by atoms with Gasteiger partial charge in [0.15, 0.2) is 0 Å². The number of hydrogen-bond donors (Lipinski definition) is 1. The van der Waals surface area contributed by atoms with E-state index in [9.17, 15) is 9.90 Å². The molecule has 1 aromatic rings. The van der Waals surface area contributed by atoms with Crippen LogP contribution in [0.5, 0.6) is 0 Å². The van der Waals surface area contributed by atoms with Crippen molar-refractivity contribution in [3.63, 3.8) is 0 Å². The number of rotatable bonds is 4. The molecule has 0 unspecified atom stereocenters. The lowest BCUT2D eigenvalue weighted by atomic mass is 9.93. The summed E-state index contributed by atoms with van der Waals surface area (Å²) in [6.45, 7) is 4.36. The lowest BCUT2D eigenvalue weighted by Gasteiger charge is -2.13. The fourth-order valence-corrected chi connectivity index (χ4v) is 2.74. The first-order valence-corrected chi connectivity index (χ1v) is 6.77. The summed E-state index contributed by atoms with van der Waals surface area (Å²) in [6.07, 6.45) is 2.54. The van der Waals surface area contributed by atoms with Gasteiger partial charge in [-0.15, -0.1) is 0 Å². The molecule has 1 aromatic carbocycles. The molecule has 1 aliphatic carbocycles. The highest BCUT2D eigenvalue weighted by Crippen LogP contribution is 2.49. The number of carboxylic acid groups (broad SMARTS) is 1. The van der Waals surface area contributed by atoms with Crippen LogP contribution >= 0.6 is 15.9 Å². The Kier molecular flexibility index (Phi) is 3.30. The first-order chi connectivity index (χ1) is 7.95. The zero-order chi connectivity index (χ0) is 12.6. The molecule has 0 bridgehead atoms.